The third-order valence-electron chi connectivity index (χ3n) is 3.50. The minimum Gasteiger partial charge on any atom is -0.496 e. The van der Waals surface area contributed by atoms with Gasteiger partial charge in [-0.1, -0.05) is 6.92 Å². The van der Waals surface area contributed by atoms with E-state index in [9.17, 15) is 0 Å². The molecule has 0 aromatic heterocycles. The van der Waals surface area contributed by atoms with Crippen LogP contribution in [0.3, 0.4) is 0 Å². The molecule has 1 aromatic rings. The number of benzene rings is 1. The lowest BCUT2D eigenvalue weighted by molar-refractivity contribution is 0.391. The van der Waals surface area contributed by atoms with Crippen molar-refractivity contribution < 1.29 is 9.47 Å². The van der Waals surface area contributed by atoms with Gasteiger partial charge >= 0.3 is 0 Å². The molecule has 0 fully saturated rings. The first-order valence-corrected chi connectivity index (χ1v) is 6.66. The number of methoxy groups -OCH3 is 2. The largest absolute Gasteiger partial charge is 0.496 e. The number of rotatable bonds is 7. The molecule has 3 N–H and O–H groups in total. The molecule has 0 aliphatic carbocycles. The molecule has 0 heterocycles. The lowest BCUT2D eigenvalue weighted by Crippen LogP contribution is -2.26. The number of hydrogen-bond acceptors (Lipinski definition) is 4. The van der Waals surface area contributed by atoms with Crippen molar-refractivity contribution in [1.82, 2.24) is 5.32 Å². The van der Waals surface area contributed by atoms with E-state index in [1.54, 1.807) is 14.2 Å². The van der Waals surface area contributed by atoms with Crippen molar-refractivity contribution in [3.05, 3.63) is 22.8 Å². The monoisotopic (exact) mass is 266 g/mol. The van der Waals surface area contributed by atoms with E-state index in [4.69, 9.17) is 15.2 Å². The summed E-state index contributed by atoms with van der Waals surface area (Å²) in [7, 11) is 3.40. The Bertz CT molecular complexity index is 419. The molecule has 1 rings (SSSR count). The zero-order valence-electron chi connectivity index (χ0n) is 12.7. The van der Waals surface area contributed by atoms with Crippen molar-refractivity contribution in [2.45, 2.75) is 27.3 Å². The minimum atomic E-state index is 0.472. The molecule has 0 aliphatic heterocycles. The van der Waals surface area contributed by atoms with Gasteiger partial charge in [0.05, 0.1) is 14.2 Å². The Balaban J connectivity index is 2.89. The predicted molar refractivity (Wildman–Crippen MR) is 78.9 cm³/mol. The smallest absolute Gasteiger partial charge is 0.126 e. The summed E-state index contributed by atoms with van der Waals surface area (Å²) < 4.78 is 10.9. The number of nitrogens with two attached hydrogens (primary N) is 1. The van der Waals surface area contributed by atoms with Crippen LogP contribution >= 0.6 is 0 Å². The Morgan fingerprint density at radius 2 is 1.89 bits per heavy atom. The summed E-state index contributed by atoms with van der Waals surface area (Å²) >= 11 is 0. The summed E-state index contributed by atoms with van der Waals surface area (Å²) in [4.78, 5) is 0. The van der Waals surface area contributed by atoms with Crippen LogP contribution < -0.4 is 20.5 Å². The molecule has 0 amide bonds. The highest BCUT2D eigenvalue weighted by Crippen LogP contribution is 2.33. The highest BCUT2D eigenvalue weighted by molar-refractivity contribution is 5.52. The van der Waals surface area contributed by atoms with Crippen molar-refractivity contribution >= 4 is 0 Å². The standard InChI is InChI=1S/C15H26N2O2/c1-10(7-16)8-17-9-13-6-14(18-4)11(2)12(3)15(13)19-5/h6,10,17H,7-9,16H2,1-5H3. The lowest BCUT2D eigenvalue weighted by atomic mass is 10.0. The number of nitrogens with one attached hydrogen (secondary N) is 1. The Labute approximate surface area is 116 Å². The van der Waals surface area contributed by atoms with Gasteiger partial charge in [-0.25, -0.2) is 0 Å². The van der Waals surface area contributed by atoms with Gasteiger partial charge in [-0.2, -0.15) is 0 Å². The molecule has 0 spiro atoms. The summed E-state index contributed by atoms with van der Waals surface area (Å²) in [6.07, 6.45) is 0. The van der Waals surface area contributed by atoms with Gasteiger partial charge in [0.15, 0.2) is 0 Å². The van der Waals surface area contributed by atoms with Gasteiger partial charge in [0.1, 0.15) is 11.5 Å². The molecule has 1 aromatic carbocycles. The molecular formula is C15H26N2O2. The van der Waals surface area contributed by atoms with Crippen molar-refractivity contribution in [2.24, 2.45) is 11.7 Å². The van der Waals surface area contributed by atoms with Crippen LogP contribution in [0.2, 0.25) is 0 Å². The molecule has 4 heteroatoms. The maximum Gasteiger partial charge on any atom is 0.126 e. The fraction of sp³-hybridized carbons (Fsp3) is 0.600. The number of ether oxygens (including phenoxy) is 2. The van der Waals surface area contributed by atoms with Crippen molar-refractivity contribution in [2.75, 3.05) is 27.3 Å². The first-order valence-electron chi connectivity index (χ1n) is 6.66. The van der Waals surface area contributed by atoms with E-state index in [1.807, 2.05) is 13.0 Å². The zero-order valence-corrected chi connectivity index (χ0v) is 12.7. The zero-order chi connectivity index (χ0) is 14.4. The molecule has 4 nitrogen and oxygen atoms in total. The molecule has 1 atom stereocenters. The second-order valence-electron chi connectivity index (χ2n) is 4.99. The maximum absolute atomic E-state index is 5.61. The Morgan fingerprint density at radius 1 is 1.21 bits per heavy atom. The molecule has 0 bridgehead atoms. The van der Waals surface area contributed by atoms with Gasteiger partial charge in [-0.05, 0) is 50.0 Å². The average molecular weight is 266 g/mol. The fourth-order valence-corrected chi connectivity index (χ4v) is 2.09. The van der Waals surface area contributed by atoms with E-state index in [2.05, 4.69) is 19.2 Å². The van der Waals surface area contributed by atoms with E-state index in [0.29, 0.717) is 12.5 Å². The third kappa shape index (κ3) is 3.85. The van der Waals surface area contributed by atoms with Crippen molar-refractivity contribution in [3.8, 4) is 11.5 Å². The van der Waals surface area contributed by atoms with Gasteiger partial charge in [-0.15, -0.1) is 0 Å². The highest BCUT2D eigenvalue weighted by Gasteiger charge is 2.13. The van der Waals surface area contributed by atoms with Crippen LogP contribution in [0.4, 0.5) is 0 Å². The van der Waals surface area contributed by atoms with Gasteiger partial charge in [0, 0.05) is 12.1 Å². The van der Waals surface area contributed by atoms with Gasteiger partial charge in [0.25, 0.3) is 0 Å². The Morgan fingerprint density at radius 3 is 2.42 bits per heavy atom. The molecule has 0 saturated heterocycles. The van der Waals surface area contributed by atoms with Gasteiger partial charge < -0.3 is 20.5 Å². The van der Waals surface area contributed by atoms with E-state index in [0.717, 1.165) is 41.3 Å². The molecule has 19 heavy (non-hydrogen) atoms. The lowest BCUT2D eigenvalue weighted by Gasteiger charge is -2.18. The highest BCUT2D eigenvalue weighted by atomic mass is 16.5. The third-order valence-corrected chi connectivity index (χ3v) is 3.50. The Kier molecular flexibility index (Phi) is 6.12. The summed E-state index contributed by atoms with van der Waals surface area (Å²) in [6.45, 7) is 8.58. The van der Waals surface area contributed by atoms with E-state index in [-0.39, 0.29) is 0 Å². The van der Waals surface area contributed by atoms with Crippen LogP contribution in [0, 0.1) is 19.8 Å². The second kappa shape index (κ2) is 7.36. The topological polar surface area (TPSA) is 56.5 Å². The van der Waals surface area contributed by atoms with Gasteiger partial charge in [0.2, 0.25) is 0 Å². The molecule has 0 radical (unpaired) electrons. The van der Waals surface area contributed by atoms with E-state index in [1.165, 1.54) is 0 Å². The van der Waals surface area contributed by atoms with Crippen molar-refractivity contribution in [1.29, 1.82) is 0 Å². The van der Waals surface area contributed by atoms with E-state index < -0.39 is 0 Å². The molecular weight excluding hydrogens is 240 g/mol. The molecule has 1 unspecified atom stereocenters. The number of hydrogen-bond donors (Lipinski definition) is 2. The fourth-order valence-electron chi connectivity index (χ4n) is 2.09. The normalized spacial score (nSPS) is 12.3. The van der Waals surface area contributed by atoms with Crippen LogP contribution in [0.1, 0.15) is 23.6 Å². The van der Waals surface area contributed by atoms with Crippen molar-refractivity contribution in [3.63, 3.8) is 0 Å². The minimum absolute atomic E-state index is 0.472. The first kappa shape index (κ1) is 15.8. The molecule has 0 aliphatic rings. The first-order chi connectivity index (χ1) is 9.04. The average Bonchev–Trinajstić information content (AvgIpc) is 2.42. The summed E-state index contributed by atoms with van der Waals surface area (Å²) in [6, 6.07) is 2.04. The van der Waals surface area contributed by atoms with Crippen LogP contribution in [0.5, 0.6) is 11.5 Å². The van der Waals surface area contributed by atoms with Gasteiger partial charge in [-0.3, -0.25) is 0 Å². The summed E-state index contributed by atoms with van der Waals surface area (Å²) in [5.41, 5.74) is 8.98. The summed E-state index contributed by atoms with van der Waals surface area (Å²) in [5, 5.41) is 3.41. The van der Waals surface area contributed by atoms with Crippen LogP contribution in [0.15, 0.2) is 6.07 Å². The molecule has 108 valence electrons. The predicted octanol–water partition coefficient (Wildman–Crippen LogP) is 2.01. The molecule has 0 saturated carbocycles. The van der Waals surface area contributed by atoms with Crippen LogP contribution in [-0.2, 0) is 6.54 Å². The Hall–Kier alpha value is -1.26. The SMILES string of the molecule is COc1cc(CNCC(C)CN)c(OC)c(C)c1C. The van der Waals surface area contributed by atoms with Crippen LogP contribution in [0.25, 0.3) is 0 Å². The van der Waals surface area contributed by atoms with E-state index >= 15 is 0 Å². The van der Waals surface area contributed by atoms with Crippen LogP contribution in [-0.4, -0.2) is 27.3 Å². The quantitative estimate of drug-likeness (QED) is 0.792. The maximum atomic E-state index is 5.61. The second-order valence-corrected chi connectivity index (χ2v) is 4.99. The summed E-state index contributed by atoms with van der Waals surface area (Å²) in [5.74, 6) is 2.31.